The molecule has 106 valence electrons. The minimum atomic E-state index is -0.230. The van der Waals surface area contributed by atoms with E-state index < -0.39 is 0 Å². The number of aryl methyl sites for hydroxylation is 2. The molecule has 1 atom stereocenters. The average molecular weight is 336 g/mol. The minimum absolute atomic E-state index is 0.123. The van der Waals surface area contributed by atoms with Crippen LogP contribution >= 0.6 is 15.9 Å². The third-order valence-electron chi connectivity index (χ3n) is 3.54. The maximum atomic E-state index is 13.3. The Kier molecular flexibility index (Phi) is 4.81. The van der Waals surface area contributed by atoms with Gasteiger partial charge in [-0.05, 0) is 65.0 Å². The molecule has 0 heterocycles. The fourth-order valence-electron chi connectivity index (χ4n) is 2.31. The first kappa shape index (κ1) is 15.0. The monoisotopic (exact) mass is 335 g/mol. The Bertz CT molecular complexity index is 610. The van der Waals surface area contributed by atoms with Gasteiger partial charge in [0.15, 0.2) is 0 Å². The SMILES string of the molecule is CCc1cccc(C)c1NC(C)c1ccc(F)c(Br)c1. The van der Waals surface area contributed by atoms with E-state index in [4.69, 9.17) is 0 Å². The van der Waals surface area contributed by atoms with Crippen LogP contribution in [-0.2, 0) is 6.42 Å². The summed E-state index contributed by atoms with van der Waals surface area (Å²) in [6, 6.07) is 11.6. The van der Waals surface area contributed by atoms with Gasteiger partial charge in [-0.1, -0.05) is 31.2 Å². The molecule has 0 radical (unpaired) electrons. The molecule has 0 aliphatic rings. The molecule has 0 fully saturated rings. The highest BCUT2D eigenvalue weighted by Gasteiger charge is 2.11. The average Bonchev–Trinajstić information content (AvgIpc) is 2.44. The molecule has 2 aromatic carbocycles. The van der Waals surface area contributed by atoms with Crippen molar-refractivity contribution in [2.24, 2.45) is 0 Å². The standard InChI is InChI=1S/C17H19BrFN/c1-4-13-7-5-6-11(2)17(13)20-12(3)14-8-9-16(19)15(18)10-14/h5-10,12,20H,4H2,1-3H3. The largest absolute Gasteiger partial charge is 0.378 e. The summed E-state index contributed by atoms with van der Waals surface area (Å²) in [7, 11) is 0. The van der Waals surface area contributed by atoms with E-state index >= 15 is 0 Å². The molecule has 1 N–H and O–H groups in total. The molecule has 1 nitrogen and oxygen atoms in total. The van der Waals surface area contributed by atoms with Crippen LogP contribution in [0.1, 0.15) is 36.6 Å². The number of hydrogen-bond donors (Lipinski definition) is 1. The van der Waals surface area contributed by atoms with Gasteiger partial charge >= 0.3 is 0 Å². The Balaban J connectivity index is 2.27. The van der Waals surface area contributed by atoms with Crippen molar-refractivity contribution in [1.29, 1.82) is 0 Å². The van der Waals surface area contributed by atoms with E-state index in [0.29, 0.717) is 4.47 Å². The molecule has 0 saturated carbocycles. The van der Waals surface area contributed by atoms with Crippen LogP contribution in [0.5, 0.6) is 0 Å². The molecule has 2 rings (SSSR count). The molecule has 0 aliphatic heterocycles. The molecule has 2 aromatic rings. The van der Waals surface area contributed by atoms with E-state index in [1.165, 1.54) is 22.9 Å². The summed E-state index contributed by atoms with van der Waals surface area (Å²) < 4.78 is 13.8. The van der Waals surface area contributed by atoms with Gasteiger partial charge in [-0.2, -0.15) is 0 Å². The summed E-state index contributed by atoms with van der Waals surface area (Å²) >= 11 is 3.24. The fourth-order valence-corrected chi connectivity index (χ4v) is 2.71. The van der Waals surface area contributed by atoms with Crippen LogP contribution in [0.25, 0.3) is 0 Å². The summed E-state index contributed by atoms with van der Waals surface area (Å²) in [5.74, 6) is -0.230. The quantitative estimate of drug-likeness (QED) is 0.763. The zero-order chi connectivity index (χ0) is 14.7. The van der Waals surface area contributed by atoms with Gasteiger partial charge in [0.05, 0.1) is 4.47 Å². The normalized spacial score (nSPS) is 12.2. The van der Waals surface area contributed by atoms with Gasteiger partial charge in [0.2, 0.25) is 0 Å². The zero-order valence-corrected chi connectivity index (χ0v) is 13.6. The first-order chi connectivity index (χ1) is 9.52. The Morgan fingerprint density at radius 3 is 2.65 bits per heavy atom. The molecule has 3 heteroatoms. The zero-order valence-electron chi connectivity index (χ0n) is 12.0. The van der Waals surface area contributed by atoms with Crippen molar-refractivity contribution in [3.8, 4) is 0 Å². The van der Waals surface area contributed by atoms with Gasteiger partial charge in [-0.25, -0.2) is 4.39 Å². The first-order valence-corrected chi connectivity index (χ1v) is 7.62. The van der Waals surface area contributed by atoms with Crippen LogP contribution in [0.4, 0.5) is 10.1 Å². The molecular formula is C17H19BrFN. The Morgan fingerprint density at radius 1 is 1.25 bits per heavy atom. The predicted molar refractivity (Wildman–Crippen MR) is 86.7 cm³/mol. The van der Waals surface area contributed by atoms with Crippen LogP contribution in [0.15, 0.2) is 40.9 Å². The summed E-state index contributed by atoms with van der Waals surface area (Å²) in [5.41, 5.74) is 4.78. The van der Waals surface area contributed by atoms with Gasteiger partial charge in [0, 0.05) is 11.7 Å². The van der Waals surface area contributed by atoms with E-state index in [-0.39, 0.29) is 11.9 Å². The highest BCUT2D eigenvalue weighted by molar-refractivity contribution is 9.10. The lowest BCUT2D eigenvalue weighted by Crippen LogP contribution is -2.09. The number of anilines is 1. The Morgan fingerprint density at radius 2 is 2.00 bits per heavy atom. The second-order valence-electron chi connectivity index (χ2n) is 5.00. The second-order valence-corrected chi connectivity index (χ2v) is 5.86. The molecule has 0 amide bonds. The highest BCUT2D eigenvalue weighted by Crippen LogP contribution is 2.28. The lowest BCUT2D eigenvalue weighted by molar-refractivity contribution is 0.619. The topological polar surface area (TPSA) is 12.0 Å². The third-order valence-corrected chi connectivity index (χ3v) is 4.15. The van der Waals surface area contributed by atoms with Gasteiger partial charge in [0.1, 0.15) is 5.82 Å². The number of para-hydroxylation sites is 1. The molecule has 20 heavy (non-hydrogen) atoms. The van der Waals surface area contributed by atoms with Gasteiger partial charge in [-0.3, -0.25) is 0 Å². The summed E-state index contributed by atoms with van der Waals surface area (Å²) in [5, 5.41) is 3.55. The molecule has 0 aromatic heterocycles. The number of hydrogen-bond acceptors (Lipinski definition) is 1. The van der Waals surface area contributed by atoms with E-state index in [1.54, 1.807) is 0 Å². The van der Waals surface area contributed by atoms with Crippen molar-refractivity contribution in [2.45, 2.75) is 33.2 Å². The number of halogens is 2. The third kappa shape index (κ3) is 3.21. The van der Waals surface area contributed by atoms with E-state index in [9.17, 15) is 4.39 Å². The lowest BCUT2D eigenvalue weighted by atomic mass is 10.0. The molecule has 0 bridgehead atoms. The molecule has 0 saturated heterocycles. The van der Waals surface area contributed by atoms with Crippen molar-refractivity contribution in [3.63, 3.8) is 0 Å². The Hall–Kier alpha value is -1.35. The summed E-state index contributed by atoms with van der Waals surface area (Å²) in [6.07, 6.45) is 0.990. The molecule has 1 unspecified atom stereocenters. The summed E-state index contributed by atoms with van der Waals surface area (Å²) in [6.45, 7) is 6.35. The van der Waals surface area contributed by atoms with Crippen LogP contribution in [0, 0.1) is 12.7 Å². The smallest absolute Gasteiger partial charge is 0.137 e. The number of rotatable bonds is 4. The van der Waals surface area contributed by atoms with Crippen molar-refractivity contribution >= 4 is 21.6 Å². The fraction of sp³-hybridized carbons (Fsp3) is 0.294. The van der Waals surface area contributed by atoms with Crippen LogP contribution in [-0.4, -0.2) is 0 Å². The number of nitrogens with one attached hydrogen (secondary N) is 1. The maximum Gasteiger partial charge on any atom is 0.137 e. The molecule has 0 aliphatic carbocycles. The van der Waals surface area contributed by atoms with E-state index in [2.05, 4.69) is 60.2 Å². The maximum absolute atomic E-state index is 13.3. The van der Waals surface area contributed by atoms with Crippen LogP contribution < -0.4 is 5.32 Å². The summed E-state index contributed by atoms with van der Waals surface area (Å²) in [4.78, 5) is 0. The highest BCUT2D eigenvalue weighted by atomic mass is 79.9. The predicted octanol–water partition coefficient (Wildman–Crippen LogP) is 5.63. The van der Waals surface area contributed by atoms with Gasteiger partial charge in [-0.15, -0.1) is 0 Å². The second kappa shape index (κ2) is 6.40. The Labute approximate surface area is 128 Å². The number of benzene rings is 2. The van der Waals surface area contributed by atoms with Crippen molar-refractivity contribution < 1.29 is 4.39 Å². The minimum Gasteiger partial charge on any atom is -0.378 e. The van der Waals surface area contributed by atoms with Crippen LogP contribution in [0.3, 0.4) is 0 Å². The van der Waals surface area contributed by atoms with Crippen LogP contribution in [0.2, 0.25) is 0 Å². The van der Waals surface area contributed by atoms with E-state index in [1.807, 2.05) is 12.1 Å². The van der Waals surface area contributed by atoms with E-state index in [0.717, 1.165) is 12.0 Å². The lowest BCUT2D eigenvalue weighted by Gasteiger charge is -2.20. The van der Waals surface area contributed by atoms with Gasteiger partial charge in [0.25, 0.3) is 0 Å². The van der Waals surface area contributed by atoms with Gasteiger partial charge < -0.3 is 5.32 Å². The molecular weight excluding hydrogens is 317 g/mol. The molecule has 0 spiro atoms. The first-order valence-electron chi connectivity index (χ1n) is 6.83. The van der Waals surface area contributed by atoms with Crippen molar-refractivity contribution in [3.05, 3.63) is 63.4 Å². The van der Waals surface area contributed by atoms with Crippen molar-refractivity contribution in [1.82, 2.24) is 0 Å². The van der Waals surface area contributed by atoms with Crippen molar-refractivity contribution in [2.75, 3.05) is 5.32 Å².